The fourth-order valence-corrected chi connectivity index (χ4v) is 3.15. The van der Waals surface area contributed by atoms with Crippen LogP contribution in [0.1, 0.15) is 6.92 Å². The summed E-state index contributed by atoms with van der Waals surface area (Å²) < 4.78 is 58.4. The Labute approximate surface area is 136 Å². The van der Waals surface area contributed by atoms with E-state index in [1.54, 1.807) is 19.0 Å². The van der Waals surface area contributed by atoms with Gasteiger partial charge in [0.25, 0.3) is 10.1 Å². The van der Waals surface area contributed by atoms with E-state index in [-0.39, 0.29) is 22.8 Å². The lowest BCUT2D eigenvalue weighted by Gasteiger charge is -2.17. The molecule has 1 unspecified atom stereocenters. The van der Waals surface area contributed by atoms with Crippen molar-refractivity contribution in [2.45, 2.75) is 17.2 Å². The molecule has 0 heterocycles. The van der Waals surface area contributed by atoms with Crippen molar-refractivity contribution in [1.82, 2.24) is 9.62 Å². The predicted octanol–water partition coefficient (Wildman–Crippen LogP) is -0.246. The van der Waals surface area contributed by atoms with Crippen molar-refractivity contribution in [2.75, 3.05) is 38.2 Å². The van der Waals surface area contributed by atoms with Crippen LogP contribution in [0.3, 0.4) is 0 Å². The lowest BCUT2D eigenvalue weighted by Crippen LogP contribution is -2.32. The molecule has 132 valence electrons. The molecular weight excluding hydrogens is 344 g/mol. The number of nitrogens with two attached hydrogens (primary N) is 1. The van der Waals surface area contributed by atoms with Gasteiger partial charge in [0.05, 0.1) is 5.69 Å². The Hall–Kier alpha value is -1.40. The highest BCUT2D eigenvalue weighted by atomic mass is 32.2. The van der Waals surface area contributed by atoms with Crippen LogP contribution in [-0.4, -0.2) is 58.8 Å². The van der Waals surface area contributed by atoms with Gasteiger partial charge in [0, 0.05) is 18.8 Å². The molecule has 0 spiro atoms. The SMILES string of the molecule is CC(Nc1ccc(N)cc1S(=O)(=O)NCCN(C)C)S(=O)(=O)O. The lowest BCUT2D eigenvalue weighted by atomic mass is 10.3. The summed E-state index contributed by atoms with van der Waals surface area (Å²) in [7, 11) is -4.66. The van der Waals surface area contributed by atoms with E-state index in [4.69, 9.17) is 10.3 Å². The van der Waals surface area contributed by atoms with Gasteiger partial charge >= 0.3 is 0 Å². The van der Waals surface area contributed by atoms with Crippen molar-refractivity contribution >= 4 is 31.5 Å². The summed E-state index contributed by atoms with van der Waals surface area (Å²) in [6, 6.07) is 3.99. The Morgan fingerprint density at radius 1 is 1.26 bits per heavy atom. The predicted molar refractivity (Wildman–Crippen MR) is 89.2 cm³/mol. The van der Waals surface area contributed by atoms with Crippen molar-refractivity contribution in [3.63, 3.8) is 0 Å². The maximum atomic E-state index is 12.4. The van der Waals surface area contributed by atoms with Gasteiger partial charge in [0.15, 0.2) is 5.37 Å². The van der Waals surface area contributed by atoms with Crippen LogP contribution in [0.25, 0.3) is 0 Å². The van der Waals surface area contributed by atoms with Crippen LogP contribution in [0.5, 0.6) is 0 Å². The second-order valence-corrected chi connectivity index (χ2v) is 8.73. The average molecular weight is 366 g/mol. The van der Waals surface area contributed by atoms with Crippen LogP contribution >= 0.6 is 0 Å². The minimum Gasteiger partial charge on any atom is -0.399 e. The van der Waals surface area contributed by atoms with Gasteiger partial charge in [-0.15, -0.1) is 0 Å². The summed E-state index contributed by atoms with van der Waals surface area (Å²) >= 11 is 0. The van der Waals surface area contributed by atoms with Gasteiger partial charge in [0.2, 0.25) is 10.0 Å². The molecule has 0 amide bonds. The molecule has 11 heteroatoms. The number of likely N-dealkylation sites (N-methyl/N-ethyl adjacent to an activating group) is 1. The second-order valence-electron chi connectivity index (χ2n) is 5.26. The summed E-state index contributed by atoms with van der Waals surface area (Å²) in [5.41, 5.74) is 5.86. The van der Waals surface area contributed by atoms with Gasteiger partial charge in [-0.05, 0) is 39.2 Å². The van der Waals surface area contributed by atoms with Gasteiger partial charge in [-0.1, -0.05) is 0 Å². The Morgan fingerprint density at radius 2 is 1.87 bits per heavy atom. The number of nitrogens with zero attached hydrogens (tertiary/aromatic N) is 1. The maximum absolute atomic E-state index is 12.4. The molecule has 1 aromatic carbocycles. The third kappa shape index (κ3) is 5.95. The number of nitrogen functional groups attached to an aromatic ring is 1. The first-order chi connectivity index (χ1) is 10.4. The topological polar surface area (TPSA) is 142 Å². The Morgan fingerprint density at radius 3 is 2.39 bits per heavy atom. The Balaban J connectivity index is 3.12. The number of hydrogen-bond acceptors (Lipinski definition) is 7. The molecule has 0 bridgehead atoms. The number of sulfonamides is 1. The van der Waals surface area contributed by atoms with E-state index in [1.165, 1.54) is 25.1 Å². The zero-order chi connectivity index (χ0) is 17.8. The molecule has 23 heavy (non-hydrogen) atoms. The molecule has 9 nitrogen and oxygen atoms in total. The fraction of sp³-hybridized carbons (Fsp3) is 0.500. The van der Waals surface area contributed by atoms with Crippen LogP contribution in [0, 0.1) is 0 Å². The first kappa shape index (κ1) is 19.6. The second kappa shape index (κ2) is 7.45. The van der Waals surface area contributed by atoms with Crippen LogP contribution in [0.4, 0.5) is 11.4 Å². The van der Waals surface area contributed by atoms with Crippen LogP contribution in [0.15, 0.2) is 23.1 Å². The smallest absolute Gasteiger partial charge is 0.285 e. The molecule has 0 aliphatic rings. The molecule has 0 saturated heterocycles. The standard InChI is InChI=1S/C12H22N4O5S2/c1-9(23(19,20)21)15-11-5-4-10(13)8-12(11)22(17,18)14-6-7-16(2)3/h4-5,8-9,14-15H,6-7,13H2,1-3H3,(H,19,20,21). The van der Waals surface area contributed by atoms with Gasteiger partial charge in [-0.3, -0.25) is 4.55 Å². The van der Waals surface area contributed by atoms with Gasteiger partial charge in [0.1, 0.15) is 4.90 Å². The zero-order valence-electron chi connectivity index (χ0n) is 13.1. The molecule has 1 aromatic rings. The minimum absolute atomic E-state index is 0.0293. The van der Waals surface area contributed by atoms with E-state index in [0.29, 0.717) is 6.54 Å². The van der Waals surface area contributed by atoms with E-state index in [2.05, 4.69) is 10.0 Å². The van der Waals surface area contributed by atoms with E-state index in [1.807, 2.05) is 0 Å². The molecule has 0 fully saturated rings. The monoisotopic (exact) mass is 366 g/mol. The number of hydrogen-bond donors (Lipinski definition) is 4. The molecule has 0 aliphatic heterocycles. The van der Waals surface area contributed by atoms with Crippen molar-refractivity contribution < 1.29 is 21.4 Å². The molecule has 1 atom stereocenters. The first-order valence-corrected chi connectivity index (χ1v) is 9.69. The van der Waals surface area contributed by atoms with Crippen molar-refractivity contribution in [3.8, 4) is 0 Å². The molecule has 0 saturated carbocycles. The van der Waals surface area contributed by atoms with E-state index in [0.717, 1.165) is 0 Å². The Bertz CT molecular complexity index is 747. The van der Waals surface area contributed by atoms with E-state index >= 15 is 0 Å². The highest BCUT2D eigenvalue weighted by Crippen LogP contribution is 2.25. The number of nitrogens with one attached hydrogen (secondary N) is 2. The summed E-state index contributed by atoms with van der Waals surface area (Å²) in [4.78, 5) is 1.62. The molecular formula is C12H22N4O5S2. The Kier molecular flexibility index (Phi) is 6.36. The lowest BCUT2D eigenvalue weighted by molar-refractivity contribution is 0.412. The fourth-order valence-electron chi connectivity index (χ4n) is 1.66. The highest BCUT2D eigenvalue weighted by molar-refractivity contribution is 7.89. The number of benzene rings is 1. The molecule has 0 aliphatic carbocycles. The minimum atomic E-state index is -4.37. The molecule has 1 rings (SSSR count). The number of rotatable bonds is 8. The molecule has 0 aromatic heterocycles. The van der Waals surface area contributed by atoms with Crippen molar-refractivity contribution in [1.29, 1.82) is 0 Å². The zero-order valence-corrected chi connectivity index (χ0v) is 14.8. The molecule has 0 radical (unpaired) electrons. The van der Waals surface area contributed by atoms with Crippen molar-refractivity contribution in [3.05, 3.63) is 18.2 Å². The van der Waals surface area contributed by atoms with Gasteiger partial charge in [-0.25, -0.2) is 13.1 Å². The third-order valence-electron chi connectivity index (χ3n) is 2.95. The van der Waals surface area contributed by atoms with Gasteiger partial charge < -0.3 is 16.0 Å². The first-order valence-electron chi connectivity index (χ1n) is 6.70. The third-order valence-corrected chi connectivity index (χ3v) is 5.46. The van der Waals surface area contributed by atoms with E-state index < -0.39 is 25.5 Å². The van der Waals surface area contributed by atoms with Crippen molar-refractivity contribution in [2.24, 2.45) is 0 Å². The summed E-state index contributed by atoms with van der Waals surface area (Å²) in [5.74, 6) is 0. The van der Waals surface area contributed by atoms with Crippen LogP contribution in [0.2, 0.25) is 0 Å². The summed E-state index contributed by atoms with van der Waals surface area (Å²) in [6.45, 7) is 1.87. The number of anilines is 2. The largest absolute Gasteiger partial charge is 0.399 e. The average Bonchev–Trinajstić information content (AvgIpc) is 2.38. The highest BCUT2D eigenvalue weighted by Gasteiger charge is 2.23. The maximum Gasteiger partial charge on any atom is 0.285 e. The van der Waals surface area contributed by atoms with Crippen LogP contribution in [-0.2, 0) is 20.1 Å². The normalized spacial score (nSPS) is 14.0. The summed E-state index contributed by atoms with van der Waals surface area (Å²) in [6.07, 6.45) is 0. The van der Waals surface area contributed by atoms with E-state index in [9.17, 15) is 16.8 Å². The summed E-state index contributed by atoms with van der Waals surface area (Å²) in [5, 5.41) is 1.09. The molecule has 5 N–H and O–H groups in total. The van der Waals surface area contributed by atoms with Crippen LogP contribution < -0.4 is 15.8 Å². The quantitative estimate of drug-likeness (QED) is 0.365. The van der Waals surface area contributed by atoms with Gasteiger partial charge in [-0.2, -0.15) is 8.42 Å².